The van der Waals surface area contributed by atoms with E-state index in [-0.39, 0.29) is 18.6 Å². The number of rotatable bonds is 8. The molecule has 2 aromatic heterocycles. The molecule has 1 amide bonds. The molecule has 0 saturated heterocycles. The predicted molar refractivity (Wildman–Crippen MR) is 113 cm³/mol. The fourth-order valence-corrected chi connectivity index (χ4v) is 3.41. The molecule has 0 bridgehead atoms. The Hall–Kier alpha value is -3.35. The Labute approximate surface area is 176 Å². The lowest BCUT2D eigenvalue weighted by molar-refractivity contribution is -0.124. The maximum Gasteiger partial charge on any atom is 0.340 e. The Bertz CT molecular complexity index is 1020. The van der Waals surface area contributed by atoms with Crippen LogP contribution in [0.25, 0.3) is 5.82 Å². The molecular weight excluding hydrogens is 382 g/mol. The number of ether oxygens (including phenoxy) is 1. The lowest BCUT2D eigenvalue weighted by Gasteiger charge is -2.14. The predicted octanol–water partition coefficient (Wildman–Crippen LogP) is 3.68. The van der Waals surface area contributed by atoms with E-state index < -0.39 is 5.97 Å². The summed E-state index contributed by atoms with van der Waals surface area (Å²) in [5, 5.41) is 6.87. The van der Waals surface area contributed by atoms with Gasteiger partial charge in [0.05, 0.1) is 5.56 Å². The molecule has 3 aromatic rings. The molecule has 0 radical (unpaired) electrons. The first kappa shape index (κ1) is 21.4. The van der Waals surface area contributed by atoms with Gasteiger partial charge in [-0.3, -0.25) is 9.36 Å². The van der Waals surface area contributed by atoms with Crippen LogP contribution in [0.4, 0.5) is 0 Å². The summed E-state index contributed by atoms with van der Waals surface area (Å²) in [5.74, 6) is 0.428. The number of aromatic nitrogens is 2. The first-order chi connectivity index (χ1) is 14.3. The summed E-state index contributed by atoms with van der Waals surface area (Å²) >= 11 is 0. The second-order valence-corrected chi connectivity index (χ2v) is 7.48. The van der Waals surface area contributed by atoms with E-state index in [1.165, 1.54) is 5.56 Å². The van der Waals surface area contributed by atoms with E-state index in [2.05, 4.69) is 22.6 Å². The molecule has 0 aliphatic carbocycles. The molecule has 0 saturated carbocycles. The van der Waals surface area contributed by atoms with Gasteiger partial charge in [0.15, 0.2) is 12.4 Å². The molecule has 2 heterocycles. The SMILES string of the molecule is Cc1cc(-n2c(C)cc(C(=O)OCC(=O)NC(C)CCc3ccccc3)c2C)no1. The van der Waals surface area contributed by atoms with E-state index >= 15 is 0 Å². The van der Waals surface area contributed by atoms with Crippen LogP contribution >= 0.6 is 0 Å². The minimum Gasteiger partial charge on any atom is -0.452 e. The maximum atomic E-state index is 12.5. The van der Waals surface area contributed by atoms with Gasteiger partial charge in [-0.05, 0) is 52.2 Å². The van der Waals surface area contributed by atoms with Gasteiger partial charge in [-0.25, -0.2) is 4.79 Å². The van der Waals surface area contributed by atoms with Gasteiger partial charge in [0.25, 0.3) is 5.91 Å². The highest BCUT2D eigenvalue weighted by Crippen LogP contribution is 2.21. The molecule has 1 aromatic carbocycles. The van der Waals surface area contributed by atoms with Crippen molar-refractivity contribution in [3.05, 3.63) is 70.7 Å². The van der Waals surface area contributed by atoms with Crippen LogP contribution in [0, 0.1) is 20.8 Å². The van der Waals surface area contributed by atoms with Crippen LogP contribution in [-0.2, 0) is 16.0 Å². The molecule has 1 N–H and O–H groups in total. The zero-order valence-corrected chi connectivity index (χ0v) is 17.8. The zero-order valence-electron chi connectivity index (χ0n) is 17.8. The van der Waals surface area contributed by atoms with Crippen LogP contribution in [-0.4, -0.2) is 34.2 Å². The van der Waals surface area contributed by atoms with Crippen LogP contribution in [0.2, 0.25) is 0 Å². The third kappa shape index (κ3) is 5.17. The second-order valence-electron chi connectivity index (χ2n) is 7.48. The molecule has 0 fully saturated rings. The monoisotopic (exact) mass is 409 g/mol. The number of carbonyl (C=O) groups excluding carboxylic acids is 2. The van der Waals surface area contributed by atoms with Crippen LogP contribution in [0.3, 0.4) is 0 Å². The van der Waals surface area contributed by atoms with Crippen LogP contribution in [0.1, 0.15) is 46.4 Å². The van der Waals surface area contributed by atoms with Crippen molar-refractivity contribution in [2.75, 3.05) is 6.61 Å². The first-order valence-corrected chi connectivity index (χ1v) is 9.98. The minimum atomic E-state index is -0.540. The molecule has 1 atom stereocenters. The van der Waals surface area contributed by atoms with E-state index in [4.69, 9.17) is 9.26 Å². The number of esters is 1. The van der Waals surface area contributed by atoms with E-state index in [9.17, 15) is 9.59 Å². The van der Waals surface area contributed by atoms with Crippen molar-refractivity contribution in [2.24, 2.45) is 0 Å². The lowest BCUT2D eigenvalue weighted by Crippen LogP contribution is -2.36. The topological polar surface area (TPSA) is 86.4 Å². The lowest BCUT2D eigenvalue weighted by atomic mass is 10.1. The van der Waals surface area contributed by atoms with Crippen LogP contribution in [0.5, 0.6) is 0 Å². The van der Waals surface area contributed by atoms with Gasteiger partial charge in [-0.1, -0.05) is 35.5 Å². The van der Waals surface area contributed by atoms with Gasteiger partial charge >= 0.3 is 5.97 Å². The summed E-state index contributed by atoms with van der Waals surface area (Å²) in [5.41, 5.74) is 3.13. The summed E-state index contributed by atoms with van der Waals surface area (Å²) in [7, 11) is 0. The summed E-state index contributed by atoms with van der Waals surface area (Å²) in [6, 6.07) is 13.6. The molecule has 7 heteroatoms. The number of hydrogen-bond donors (Lipinski definition) is 1. The third-order valence-electron chi connectivity index (χ3n) is 4.95. The van der Waals surface area contributed by atoms with E-state index in [0.717, 1.165) is 18.5 Å². The Balaban J connectivity index is 1.52. The quantitative estimate of drug-likeness (QED) is 0.574. The molecule has 0 aliphatic heterocycles. The van der Waals surface area contributed by atoms with Crippen molar-refractivity contribution < 1.29 is 18.8 Å². The number of nitrogens with one attached hydrogen (secondary N) is 1. The van der Waals surface area contributed by atoms with E-state index in [1.54, 1.807) is 26.0 Å². The zero-order chi connectivity index (χ0) is 21.7. The minimum absolute atomic E-state index is 0.0168. The van der Waals surface area contributed by atoms with Gasteiger partial charge < -0.3 is 14.6 Å². The maximum absolute atomic E-state index is 12.5. The Morgan fingerprint density at radius 2 is 1.90 bits per heavy atom. The van der Waals surface area contributed by atoms with Gasteiger partial charge in [0, 0.05) is 23.5 Å². The molecule has 1 unspecified atom stereocenters. The smallest absolute Gasteiger partial charge is 0.340 e. The highest BCUT2D eigenvalue weighted by Gasteiger charge is 2.20. The van der Waals surface area contributed by atoms with Crippen molar-refractivity contribution in [2.45, 2.75) is 46.6 Å². The van der Waals surface area contributed by atoms with Gasteiger partial charge in [0.1, 0.15) is 5.76 Å². The molecule has 0 aliphatic rings. The van der Waals surface area contributed by atoms with E-state index in [0.29, 0.717) is 22.8 Å². The number of aryl methyl sites for hydroxylation is 3. The van der Waals surface area contributed by atoms with Gasteiger partial charge in [0.2, 0.25) is 0 Å². The standard InChI is InChI=1S/C23H27N3O4/c1-15(10-11-19-8-6-5-7-9-19)24-22(27)14-29-23(28)20-12-16(2)26(18(20)4)21-13-17(3)30-25-21/h5-9,12-13,15H,10-11,14H2,1-4H3,(H,24,27). The number of nitrogens with zero attached hydrogens (tertiary/aromatic N) is 2. The number of benzene rings is 1. The van der Waals surface area contributed by atoms with Crippen molar-refractivity contribution >= 4 is 11.9 Å². The summed E-state index contributed by atoms with van der Waals surface area (Å²) in [6.45, 7) is 7.10. The first-order valence-electron chi connectivity index (χ1n) is 9.98. The second kappa shape index (κ2) is 9.43. The summed E-state index contributed by atoms with van der Waals surface area (Å²) < 4.78 is 12.2. The Morgan fingerprint density at radius 3 is 2.57 bits per heavy atom. The molecule has 7 nitrogen and oxygen atoms in total. The fraction of sp³-hybridized carbons (Fsp3) is 0.348. The van der Waals surface area contributed by atoms with Gasteiger partial charge in [-0.15, -0.1) is 0 Å². The molecule has 0 spiro atoms. The van der Waals surface area contributed by atoms with Crippen LogP contribution < -0.4 is 5.32 Å². The molecule has 30 heavy (non-hydrogen) atoms. The Kier molecular flexibility index (Phi) is 6.72. The van der Waals surface area contributed by atoms with E-state index in [1.807, 2.05) is 36.6 Å². The molecule has 158 valence electrons. The van der Waals surface area contributed by atoms with Crippen molar-refractivity contribution in [3.8, 4) is 5.82 Å². The average molecular weight is 409 g/mol. The summed E-state index contributed by atoms with van der Waals surface area (Å²) in [6.07, 6.45) is 1.68. The highest BCUT2D eigenvalue weighted by molar-refractivity contribution is 5.93. The largest absolute Gasteiger partial charge is 0.452 e. The Morgan fingerprint density at radius 1 is 1.17 bits per heavy atom. The van der Waals surface area contributed by atoms with Crippen molar-refractivity contribution in [3.63, 3.8) is 0 Å². The third-order valence-corrected chi connectivity index (χ3v) is 4.95. The van der Waals surface area contributed by atoms with Gasteiger partial charge in [-0.2, -0.15) is 0 Å². The fourth-order valence-electron chi connectivity index (χ4n) is 3.41. The van der Waals surface area contributed by atoms with Crippen LogP contribution in [0.15, 0.2) is 47.0 Å². The average Bonchev–Trinajstić information content (AvgIpc) is 3.27. The highest BCUT2D eigenvalue weighted by atomic mass is 16.5. The number of amides is 1. The molecular formula is C23H27N3O4. The number of hydrogen-bond acceptors (Lipinski definition) is 5. The number of carbonyl (C=O) groups is 2. The molecule has 3 rings (SSSR count). The summed E-state index contributed by atoms with van der Waals surface area (Å²) in [4.78, 5) is 24.7. The van der Waals surface area contributed by atoms with Crippen molar-refractivity contribution in [1.82, 2.24) is 15.0 Å². The normalized spacial score (nSPS) is 11.9. The van der Waals surface area contributed by atoms with Crippen molar-refractivity contribution in [1.29, 1.82) is 0 Å².